The van der Waals surface area contributed by atoms with E-state index < -0.39 is 0 Å². The Labute approximate surface area is 124 Å². The molecule has 3 aromatic heterocycles. The third-order valence-electron chi connectivity index (χ3n) is 3.79. The van der Waals surface area contributed by atoms with E-state index in [1.807, 2.05) is 24.3 Å². The zero-order chi connectivity index (χ0) is 14.7. The van der Waals surface area contributed by atoms with Gasteiger partial charge in [0, 0.05) is 24.7 Å². The van der Waals surface area contributed by atoms with Gasteiger partial charge in [-0.05, 0) is 36.4 Å². The zero-order valence-electron chi connectivity index (χ0n) is 12.4. The lowest BCUT2D eigenvalue weighted by atomic mass is 10.0. The SMILES string of the molecule is CC(Cc1ccco1)c1ccc(C(C)Cc2ccco2)o1. The molecule has 0 radical (unpaired) electrons. The molecular weight excluding hydrogens is 264 g/mol. The monoisotopic (exact) mass is 284 g/mol. The van der Waals surface area contributed by atoms with Crippen LogP contribution in [0.2, 0.25) is 0 Å². The molecule has 0 fully saturated rings. The van der Waals surface area contributed by atoms with Gasteiger partial charge in [0.1, 0.15) is 23.0 Å². The van der Waals surface area contributed by atoms with Crippen molar-refractivity contribution >= 4 is 0 Å². The predicted molar refractivity (Wildman–Crippen MR) is 80.4 cm³/mol. The average Bonchev–Trinajstić information content (AvgIpc) is 3.21. The van der Waals surface area contributed by atoms with Crippen molar-refractivity contribution in [2.75, 3.05) is 0 Å². The van der Waals surface area contributed by atoms with Crippen LogP contribution in [-0.2, 0) is 12.8 Å². The van der Waals surface area contributed by atoms with Crippen LogP contribution in [-0.4, -0.2) is 0 Å². The Balaban J connectivity index is 1.65. The van der Waals surface area contributed by atoms with Gasteiger partial charge in [-0.1, -0.05) is 13.8 Å². The average molecular weight is 284 g/mol. The molecule has 0 N–H and O–H groups in total. The highest BCUT2D eigenvalue weighted by molar-refractivity contribution is 5.17. The summed E-state index contributed by atoms with van der Waals surface area (Å²) in [6.07, 6.45) is 5.13. The second-order valence-corrected chi connectivity index (χ2v) is 5.61. The Morgan fingerprint density at radius 2 is 1.24 bits per heavy atom. The van der Waals surface area contributed by atoms with E-state index in [-0.39, 0.29) is 0 Å². The zero-order valence-corrected chi connectivity index (χ0v) is 12.4. The highest BCUT2D eigenvalue weighted by atomic mass is 16.3. The predicted octanol–water partition coefficient (Wildman–Crippen LogP) is 5.16. The third-order valence-corrected chi connectivity index (χ3v) is 3.79. The fraction of sp³-hybridized carbons (Fsp3) is 0.333. The Hall–Kier alpha value is -2.16. The van der Waals surface area contributed by atoms with Crippen molar-refractivity contribution in [3.8, 4) is 0 Å². The molecule has 0 saturated carbocycles. The number of hydrogen-bond donors (Lipinski definition) is 0. The third kappa shape index (κ3) is 3.30. The molecule has 21 heavy (non-hydrogen) atoms. The van der Waals surface area contributed by atoms with E-state index in [0.29, 0.717) is 11.8 Å². The highest BCUT2D eigenvalue weighted by Gasteiger charge is 2.17. The van der Waals surface area contributed by atoms with Crippen LogP contribution in [0.15, 0.2) is 62.2 Å². The van der Waals surface area contributed by atoms with E-state index in [1.165, 1.54) is 0 Å². The van der Waals surface area contributed by atoms with Crippen LogP contribution in [0.1, 0.15) is 48.7 Å². The molecule has 3 nitrogen and oxygen atoms in total. The Morgan fingerprint density at radius 1 is 0.762 bits per heavy atom. The van der Waals surface area contributed by atoms with E-state index >= 15 is 0 Å². The van der Waals surface area contributed by atoms with Crippen molar-refractivity contribution < 1.29 is 13.3 Å². The molecule has 3 rings (SSSR count). The summed E-state index contributed by atoms with van der Waals surface area (Å²) >= 11 is 0. The summed E-state index contributed by atoms with van der Waals surface area (Å²) in [5.74, 6) is 4.61. The first kappa shape index (κ1) is 13.8. The Bertz CT molecular complexity index is 590. The molecule has 3 heterocycles. The van der Waals surface area contributed by atoms with Crippen molar-refractivity contribution in [1.82, 2.24) is 0 Å². The van der Waals surface area contributed by atoms with E-state index in [0.717, 1.165) is 35.9 Å². The van der Waals surface area contributed by atoms with Crippen molar-refractivity contribution in [3.05, 3.63) is 72.0 Å². The first-order valence-electron chi connectivity index (χ1n) is 7.36. The first-order valence-corrected chi connectivity index (χ1v) is 7.36. The maximum atomic E-state index is 6.02. The van der Waals surface area contributed by atoms with Gasteiger partial charge < -0.3 is 13.3 Å². The molecule has 0 spiro atoms. The summed E-state index contributed by atoms with van der Waals surface area (Å²) in [6.45, 7) is 4.31. The standard InChI is InChI=1S/C18H20O3/c1-13(11-15-5-3-9-19-15)17-7-8-18(21-17)14(2)12-16-6-4-10-20-16/h3-10,13-14H,11-12H2,1-2H3. The van der Waals surface area contributed by atoms with Crippen molar-refractivity contribution in [1.29, 1.82) is 0 Å². The lowest BCUT2D eigenvalue weighted by Crippen LogP contribution is -1.97. The summed E-state index contributed by atoms with van der Waals surface area (Å²) in [7, 11) is 0. The quantitative estimate of drug-likeness (QED) is 0.627. The lowest BCUT2D eigenvalue weighted by Gasteiger charge is -2.08. The topological polar surface area (TPSA) is 39.4 Å². The molecule has 110 valence electrons. The fourth-order valence-corrected chi connectivity index (χ4v) is 2.56. The summed E-state index contributed by atoms with van der Waals surface area (Å²) in [5.41, 5.74) is 0. The van der Waals surface area contributed by atoms with Crippen molar-refractivity contribution in [3.63, 3.8) is 0 Å². The minimum Gasteiger partial charge on any atom is -0.469 e. The maximum absolute atomic E-state index is 6.02. The highest BCUT2D eigenvalue weighted by Crippen LogP contribution is 2.28. The fourth-order valence-electron chi connectivity index (χ4n) is 2.56. The summed E-state index contributed by atoms with van der Waals surface area (Å²) in [6, 6.07) is 12.0. The van der Waals surface area contributed by atoms with Crippen LogP contribution in [0, 0.1) is 0 Å². The number of rotatable bonds is 6. The maximum Gasteiger partial charge on any atom is 0.107 e. The van der Waals surface area contributed by atoms with Gasteiger partial charge in [0.05, 0.1) is 12.5 Å². The van der Waals surface area contributed by atoms with Gasteiger partial charge in [-0.2, -0.15) is 0 Å². The molecule has 0 saturated heterocycles. The van der Waals surface area contributed by atoms with Gasteiger partial charge in [0.15, 0.2) is 0 Å². The molecule has 0 aromatic carbocycles. The number of hydrogen-bond acceptors (Lipinski definition) is 3. The van der Waals surface area contributed by atoms with Gasteiger partial charge in [-0.25, -0.2) is 0 Å². The molecule has 0 aliphatic carbocycles. The molecule has 0 aliphatic heterocycles. The molecule has 3 heteroatoms. The van der Waals surface area contributed by atoms with Gasteiger partial charge in [-0.15, -0.1) is 0 Å². The van der Waals surface area contributed by atoms with E-state index in [2.05, 4.69) is 26.0 Å². The van der Waals surface area contributed by atoms with E-state index in [1.54, 1.807) is 12.5 Å². The second kappa shape index (κ2) is 6.08. The summed E-state index contributed by atoms with van der Waals surface area (Å²) in [4.78, 5) is 0. The van der Waals surface area contributed by atoms with Gasteiger partial charge >= 0.3 is 0 Å². The van der Waals surface area contributed by atoms with Crippen molar-refractivity contribution in [2.24, 2.45) is 0 Å². The smallest absolute Gasteiger partial charge is 0.107 e. The van der Waals surface area contributed by atoms with Gasteiger partial charge in [0.25, 0.3) is 0 Å². The Kier molecular flexibility index (Phi) is 4.00. The minimum absolute atomic E-state index is 0.306. The molecule has 0 aliphatic rings. The van der Waals surface area contributed by atoms with Crippen LogP contribution < -0.4 is 0 Å². The lowest BCUT2D eigenvalue weighted by molar-refractivity contribution is 0.393. The molecule has 2 atom stereocenters. The van der Waals surface area contributed by atoms with Crippen LogP contribution in [0.25, 0.3) is 0 Å². The van der Waals surface area contributed by atoms with Crippen LogP contribution in [0.5, 0.6) is 0 Å². The van der Waals surface area contributed by atoms with Crippen LogP contribution >= 0.6 is 0 Å². The van der Waals surface area contributed by atoms with E-state index in [9.17, 15) is 0 Å². The summed E-state index contributed by atoms with van der Waals surface area (Å²) in [5, 5.41) is 0. The molecule has 3 aromatic rings. The van der Waals surface area contributed by atoms with Gasteiger partial charge in [0.2, 0.25) is 0 Å². The van der Waals surface area contributed by atoms with Gasteiger partial charge in [-0.3, -0.25) is 0 Å². The first-order chi connectivity index (χ1) is 10.2. The summed E-state index contributed by atoms with van der Waals surface area (Å²) < 4.78 is 16.8. The molecular formula is C18H20O3. The normalized spacial score (nSPS) is 14.2. The van der Waals surface area contributed by atoms with Crippen LogP contribution in [0.4, 0.5) is 0 Å². The van der Waals surface area contributed by atoms with Crippen molar-refractivity contribution in [2.45, 2.75) is 38.5 Å². The van der Waals surface area contributed by atoms with Crippen LogP contribution in [0.3, 0.4) is 0 Å². The molecule has 0 amide bonds. The largest absolute Gasteiger partial charge is 0.469 e. The Morgan fingerprint density at radius 3 is 1.62 bits per heavy atom. The second-order valence-electron chi connectivity index (χ2n) is 5.61. The number of furan rings is 3. The molecule has 2 unspecified atom stereocenters. The molecule has 0 bridgehead atoms. The van der Waals surface area contributed by atoms with E-state index in [4.69, 9.17) is 13.3 Å². The minimum atomic E-state index is 0.306.